The van der Waals surface area contributed by atoms with E-state index in [1.807, 2.05) is 30.3 Å². The molecule has 1 amide bonds. The van der Waals surface area contributed by atoms with Crippen molar-refractivity contribution in [1.82, 2.24) is 0 Å². The van der Waals surface area contributed by atoms with Crippen LogP contribution in [0.5, 0.6) is 0 Å². The average Bonchev–Trinajstić information content (AvgIpc) is 3.51. The molecule has 4 aromatic rings. The predicted octanol–water partition coefficient (Wildman–Crippen LogP) is 6.75. The summed E-state index contributed by atoms with van der Waals surface area (Å²) < 4.78 is 45.4. The molecule has 1 N–H and O–H groups in total. The Labute approximate surface area is 203 Å². The maximum atomic E-state index is 13.4. The molecular weight excluding hydrogens is 471 g/mol. The van der Waals surface area contributed by atoms with Crippen LogP contribution in [0, 0.1) is 0 Å². The largest absolute Gasteiger partial charge is 0.503 e. The van der Waals surface area contributed by atoms with Crippen molar-refractivity contribution < 1.29 is 32.3 Å². The van der Waals surface area contributed by atoms with Crippen molar-refractivity contribution in [3.63, 3.8) is 0 Å². The fourth-order valence-electron chi connectivity index (χ4n) is 4.28. The van der Waals surface area contributed by atoms with Gasteiger partial charge >= 0.3 is 6.18 Å². The van der Waals surface area contributed by atoms with Crippen molar-refractivity contribution in [2.45, 2.75) is 12.2 Å². The van der Waals surface area contributed by atoms with Crippen LogP contribution < -0.4 is 4.90 Å². The Morgan fingerprint density at radius 2 is 1.56 bits per heavy atom. The number of halogens is 3. The summed E-state index contributed by atoms with van der Waals surface area (Å²) in [6, 6.07) is 22.3. The second-order valence-electron chi connectivity index (χ2n) is 8.18. The highest BCUT2D eigenvalue weighted by Crippen LogP contribution is 2.43. The summed E-state index contributed by atoms with van der Waals surface area (Å²) in [7, 11) is 0. The molecular formula is C28H18F3NO4. The van der Waals surface area contributed by atoms with Gasteiger partial charge in [-0.2, -0.15) is 13.2 Å². The Balaban J connectivity index is 1.64. The van der Waals surface area contributed by atoms with E-state index in [0.29, 0.717) is 5.56 Å². The van der Waals surface area contributed by atoms with E-state index in [9.17, 15) is 27.9 Å². The lowest BCUT2D eigenvalue weighted by atomic mass is 9.93. The van der Waals surface area contributed by atoms with Crippen molar-refractivity contribution in [2.24, 2.45) is 0 Å². The fraction of sp³-hybridized carbons (Fsp3) is 0.0714. The number of aliphatic hydroxyl groups is 1. The molecule has 3 aromatic carbocycles. The van der Waals surface area contributed by atoms with E-state index in [0.717, 1.165) is 28.2 Å². The number of anilines is 1. The summed E-state index contributed by atoms with van der Waals surface area (Å²) in [5.41, 5.74) is 0.879. The van der Waals surface area contributed by atoms with E-state index in [-0.39, 0.29) is 17.0 Å². The number of hydrogen-bond donors (Lipinski definition) is 1. The summed E-state index contributed by atoms with van der Waals surface area (Å²) in [6.07, 6.45) is -3.37. The Kier molecular flexibility index (Phi) is 5.72. The van der Waals surface area contributed by atoms with Crippen LogP contribution in [0.25, 0.3) is 11.1 Å². The first kappa shape index (κ1) is 23.2. The smallest absolute Gasteiger partial charge is 0.416 e. The zero-order valence-electron chi connectivity index (χ0n) is 18.6. The molecule has 0 spiro atoms. The SMILES string of the molecule is O=C(C1=C(O)C(=O)N(c2cccc(C(F)(F)F)c2)C1c1ccc(-c2ccccc2)cc1)c1ccco1. The van der Waals surface area contributed by atoms with Gasteiger partial charge in [0.2, 0.25) is 5.78 Å². The minimum atomic E-state index is -4.64. The molecule has 0 aliphatic carbocycles. The summed E-state index contributed by atoms with van der Waals surface area (Å²) in [6.45, 7) is 0. The standard InChI is InChI=1S/C28H18F3NO4/c29-28(30,31)20-8-4-9-21(16-20)32-24(19-13-11-18(12-14-19)17-6-2-1-3-7-17)23(26(34)27(32)35)25(33)22-10-5-15-36-22/h1-16,24,34H. The molecule has 5 nitrogen and oxygen atoms in total. The third-order valence-corrected chi connectivity index (χ3v) is 5.98. The lowest BCUT2D eigenvalue weighted by molar-refractivity contribution is -0.137. The molecule has 1 atom stereocenters. The predicted molar refractivity (Wildman–Crippen MR) is 126 cm³/mol. The molecule has 0 saturated heterocycles. The monoisotopic (exact) mass is 489 g/mol. The van der Waals surface area contributed by atoms with E-state index in [1.54, 1.807) is 24.3 Å². The first-order valence-corrected chi connectivity index (χ1v) is 10.9. The molecule has 2 heterocycles. The number of rotatable bonds is 5. The lowest BCUT2D eigenvalue weighted by Gasteiger charge is -2.27. The molecule has 1 aromatic heterocycles. The topological polar surface area (TPSA) is 70.8 Å². The quantitative estimate of drug-likeness (QED) is 0.315. The van der Waals surface area contributed by atoms with Crippen LogP contribution in [-0.2, 0) is 11.0 Å². The normalized spacial score (nSPS) is 16.0. The van der Waals surface area contributed by atoms with Crippen LogP contribution in [0.1, 0.15) is 27.7 Å². The summed E-state index contributed by atoms with van der Waals surface area (Å²) in [5, 5.41) is 10.8. The Morgan fingerprint density at radius 3 is 2.19 bits per heavy atom. The average molecular weight is 489 g/mol. The number of carbonyl (C=O) groups is 2. The van der Waals surface area contributed by atoms with Gasteiger partial charge in [0.1, 0.15) is 0 Å². The maximum absolute atomic E-state index is 13.4. The highest BCUT2D eigenvalue weighted by atomic mass is 19.4. The number of aliphatic hydroxyl groups excluding tert-OH is 1. The van der Waals surface area contributed by atoms with Gasteiger partial charge in [-0.1, -0.05) is 60.7 Å². The molecule has 0 bridgehead atoms. The van der Waals surface area contributed by atoms with Gasteiger partial charge < -0.3 is 9.52 Å². The minimum absolute atomic E-state index is 0.110. The molecule has 1 aliphatic rings. The molecule has 0 fully saturated rings. The fourth-order valence-corrected chi connectivity index (χ4v) is 4.28. The number of carbonyl (C=O) groups excluding carboxylic acids is 2. The second kappa shape index (κ2) is 8.88. The van der Waals surface area contributed by atoms with Gasteiger partial charge in [-0.15, -0.1) is 0 Å². The minimum Gasteiger partial charge on any atom is -0.503 e. The van der Waals surface area contributed by atoms with Crippen molar-refractivity contribution in [3.05, 3.63) is 125 Å². The van der Waals surface area contributed by atoms with Crippen LogP contribution in [-0.4, -0.2) is 16.8 Å². The molecule has 180 valence electrons. The molecule has 8 heteroatoms. The van der Waals surface area contributed by atoms with Gasteiger partial charge in [-0.3, -0.25) is 14.5 Å². The van der Waals surface area contributed by atoms with E-state index in [1.165, 1.54) is 30.5 Å². The highest BCUT2D eigenvalue weighted by molar-refractivity contribution is 6.20. The zero-order valence-corrected chi connectivity index (χ0v) is 18.6. The van der Waals surface area contributed by atoms with Gasteiger partial charge in [-0.25, -0.2) is 0 Å². The molecule has 36 heavy (non-hydrogen) atoms. The van der Waals surface area contributed by atoms with E-state index < -0.39 is 35.2 Å². The number of hydrogen-bond acceptors (Lipinski definition) is 4. The Bertz CT molecular complexity index is 1460. The molecule has 5 rings (SSSR count). The third-order valence-electron chi connectivity index (χ3n) is 5.98. The summed E-state index contributed by atoms with van der Waals surface area (Å²) >= 11 is 0. The molecule has 0 saturated carbocycles. The van der Waals surface area contributed by atoms with Crippen LogP contribution in [0.4, 0.5) is 18.9 Å². The first-order valence-electron chi connectivity index (χ1n) is 10.9. The van der Waals surface area contributed by atoms with Gasteiger partial charge in [0, 0.05) is 5.69 Å². The number of nitrogens with zero attached hydrogens (tertiary/aromatic N) is 1. The summed E-state index contributed by atoms with van der Waals surface area (Å²) in [4.78, 5) is 27.4. The van der Waals surface area contributed by atoms with Crippen LogP contribution in [0.2, 0.25) is 0 Å². The van der Waals surface area contributed by atoms with Gasteiger partial charge in [0.25, 0.3) is 5.91 Å². The third kappa shape index (κ3) is 4.07. The van der Waals surface area contributed by atoms with Crippen molar-refractivity contribution in [3.8, 4) is 11.1 Å². The van der Waals surface area contributed by atoms with E-state index in [2.05, 4.69) is 0 Å². The number of ketones is 1. The molecule has 1 unspecified atom stereocenters. The van der Waals surface area contributed by atoms with Gasteiger partial charge in [0.05, 0.1) is 23.4 Å². The maximum Gasteiger partial charge on any atom is 0.416 e. The number of alkyl halides is 3. The van der Waals surface area contributed by atoms with Gasteiger partial charge in [0.15, 0.2) is 11.5 Å². The second-order valence-corrected chi connectivity index (χ2v) is 8.18. The van der Waals surface area contributed by atoms with Crippen LogP contribution >= 0.6 is 0 Å². The lowest BCUT2D eigenvalue weighted by Crippen LogP contribution is -2.31. The van der Waals surface area contributed by atoms with E-state index >= 15 is 0 Å². The van der Waals surface area contributed by atoms with E-state index in [4.69, 9.17) is 4.42 Å². The van der Waals surface area contributed by atoms with Crippen molar-refractivity contribution >= 4 is 17.4 Å². The highest BCUT2D eigenvalue weighted by Gasteiger charge is 2.45. The summed E-state index contributed by atoms with van der Waals surface area (Å²) in [5.74, 6) is -2.68. The number of amides is 1. The number of benzene rings is 3. The molecule has 0 radical (unpaired) electrons. The van der Waals surface area contributed by atoms with Gasteiger partial charge in [-0.05, 0) is 47.0 Å². The van der Waals surface area contributed by atoms with Crippen molar-refractivity contribution in [2.75, 3.05) is 4.90 Å². The Morgan fingerprint density at radius 1 is 0.861 bits per heavy atom. The first-order chi connectivity index (χ1) is 17.3. The van der Waals surface area contributed by atoms with Crippen LogP contribution in [0.15, 0.2) is 113 Å². The van der Waals surface area contributed by atoms with Crippen molar-refractivity contribution in [1.29, 1.82) is 0 Å². The number of furan rings is 1. The van der Waals surface area contributed by atoms with Crippen LogP contribution in [0.3, 0.4) is 0 Å². The zero-order chi connectivity index (χ0) is 25.4. The molecule has 1 aliphatic heterocycles. The Hall–Kier alpha value is -4.59. The number of Topliss-reactive ketones (excluding diaryl/α,β-unsaturated/α-hetero) is 1.